The van der Waals surface area contributed by atoms with Crippen LogP contribution in [0.15, 0.2) is 66.4 Å². The van der Waals surface area contributed by atoms with Gasteiger partial charge in [0.1, 0.15) is 11.6 Å². The second kappa shape index (κ2) is 9.93. The van der Waals surface area contributed by atoms with Crippen molar-refractivity contribution in [1.29, 1.82) is 0 Å². The van der Waals surface area contributed by atoms with Gasteiger partial charge in [-0.1, -0.05) is 25.6 Å². The Morgan fingerprint density at radius 2 is 2.11 bits per heavy atom. The number of halogens is 1. The summed E-state index contributed by atoms with van der Waals surface area (Å²) in [6.07, 6.45) is 10.1. The summed E-state index contributed by atoms with van der Waals surface area (Å²) in [5.41, 5.74) is 8.88. The molecule has 0 aliphatic heterocycles. The molecule has 0 unspecified atom stereocenters. The van der Waals surface area contributed by atoms with E-state index in [9.17, 15) is 0 Å². The van der Waals surface area contributed by atoms with E-state index in [1.807, 2.05) is 31.0 Å². The highest BCUT2D eigenvalue weighted by Gasteiger charge is 2.25. The largest absolute Gasteiger partial charge is 0.401 e. The highest BCUT2D eigenvalue weighted by molar-refractivity contribution is 6.09. The zero-order chi connectivity index (χ0) is 20.7. The molecule has 28 heavy (non-hydrogen) atoms. The molecule has 1 aliphatic carbocycles. The van der Waals surface area contributed by atoms with Crippen LogP contribution in [0.4, 0.5) is 4.39 Å². The molecular weight excluding hydrogens is 351 g/mol. The number of rotatable bonds is 9. The molecule has 3 N–H and O–H groups in total. The molecule has 0 heterocycles. The Labute approximate surface area is 168 Å². The number of hydrogen-bond acceptors (Lipinski definition) is 4. The van der Waals surface area contributed by atoms with Crippen LogP contribution in [-0.4, -0.2) is 17.7 Å². The summed E-state index contributed by atoms with van der Waals surface area (Å²) in [6, 6.07) is 3.84. The van der Waals surface area contributed by atoms with Gasteiger partial charge in [0.15, 0.2) is 0 Å². The van der Waals surface area contributed by atoms with Crippen LogP contribution in [0.2, 0.25) is 0 Å². The molecule has 1 aliphatic rings. The molecule has 0 amide bonds. The Bertz CT molecular complexity index is 812. The molecule has 0 aromatic heterocycles. The van der Waals surface area contributed by atoms with Crippen molar-refractivity contribution in [2.45, 2.75) is 45.6 Å². The normalized spacial score (nSPS) is 15.8. The minimum Gasteiger partial charge on any atom is -0.401 e. The van der Waals surface area contributed by atoms with Crippen molar-refractivity contribution < 1.29 is 4.39 Å². The van der Waals surface area contributed by atoms with Crippen LogP contribution < -0.4 is 11.1 Å². The van der Waals surface area contributed by atoms with Gasteiger partial charge in [-0.3, -0.25) is 4.99 Å². The van der Waals surface area contributed by atoms with E-state index in [-0.39, 0.29) is 5.82 Å². The number of allylic oxidation sites excluding steroid dienone is 3. The lowest BCUT2D eigenvalue weighted by atomic mass is 9.77. The van der Waals surface area contributed by atoms with E-state index in [1.165, 1.54) is 12.6 Å². The molecule has 0 radical (unpaired) electrons. The van der Waals surface area contributed by atoms with Gasteiger partial charge in [-0.2, -0.15) is 0 Å². The zero-order valence-electron chi connectivity index (χ0n) is 17.1. The lowest BCUT2D eigenvalue weighted by Gasteiger charge is -2.29. The van der Waals surface area contributed by atoms with Crippen LogP contribution in [0.3, 0.4) is 0 Å². The van der Waals surface area contributed by atoms with E-state index < -0.39 is 0 Å². The molecule has 1 fully saturated rings. The summed E-state index contributed by atoms with van der Waals surface area (Å²) in [4.78, 5) is 6.17. The summed E-state index contributed by atoms with van der Waals surface area (Å²) < 4.78 is 15.6. The average Bonchev–Trinajstić information content (AvgIpc) is 2.63. The Balaban J connectivity index is 2.45. The van der Waals surface area contributed by atoms with Gasteiger partial charge >= 0.3 is 0 Å². The Morgan fingerprint density at radius 1 is 1.39 bits per heavy atom. The fourth-order valence-corrected chi connectivity index (χ4v) is 3.23. The molecule has 1 aromatic rings. The quantitative estimate of drug-likeness (QED) is 0.596. The Hall–Kier alpha value is -2.82. The lowest BCUT2D eigenvalue weighted by molar-refractivity contribution is 0.412. The minimum absolute atomic E-state index is 0.254. The number of nitrogens with zero attached hydrogens (tertiary/aromatic N) is 2. The maximum absolute atomic E-state index is 15.6. The molecule has 150 valence electrons. The number of nitrogens with two attached hydrogens (primary N) is 1. The fraction of sp³-hybridized carbons (Fsp3) is 0.348. The van der Waals surface area contributed by atoms with Crippen LogP contribution in [0, 0.1) is 5.82 Å². The van der Waals surface area contributed by atoms with Gasteiger partial charge in [0.25, 0.3) is 0 Å². The van der Waals surface area contributed by atoms with Gasteiger partial charge < -0.3 is 16.0 Å². The predicted octanol–water partition coefficient (Wildman–Crippen LogP) is 4.91. The summed E-state index contributed by atoms with van der Waals surface area (Å²) >= 11 is 0. The highest BCUT2D eigenvalue weighted by atomic mass is 19.1. The molecule has 0 spiro atoms. The van der Waals surface area contributed by atoms with Crippen LogP contribution in [0.5, 0.6) is 0 Å². The minimum atomic E-state index is -0.254. The van der Waals surface area contributed by atoms with Crippen LogP contribution in [0.1, 0.15) is 55.7 Å². The van der Waals surface area contributed by atoms with E-state index in [0.29, 0.717) is 35.0 Å². The Kier molecular flexibility index (Phi) is 7.61. The van der Waals surface area contributed by atoms with Crippen LogP contribution in [0.25, 0.3) is 0 Å². The second-order valence-electron chi connectivity index (χ2n) is 7.04. The smallest absolute Gasteiger partial charge is 0.137 e. The average molecular weight is 383 g/mol. The van der Waals surface area contributed by atoms with Crippen LogP contribution >= 0.6 is 0 Å². The standard InChI is InChI=1S/C23H31FN4/c1-6-21(26-14-16(4)25)19-13-12-18(17-10-9-11-17)20(23(19)24)15-27-22(7-2)28(5)8-3/h6-8,12-14,17,27H,1,3,9-11,15,25H2,2,4-5H3/b16-14+,22-7-,26-21+. The van der Waals surface area contributed by atoms with Crippen molar-refractivity contribution in [3.05, 3.63) is 83.9 Å². The molecule has 2 rings (SSSR count). The molecule has 5 heteroatoms. The van der Waals surface area contributed by atoms with Gasteiger partial charge in [-0.05, 0) is 62.6 Å². The summed E-state index contributed by atoms with van der Waals surface area (Å²) in [5.74, 6) is 1.04. The maximum Gasteiger partial charge on any atom is 0.137 e. The zero-order valence-corrected chi connectivity index (χ0v) is 17.1. The van der Waals surface area contributed by atoms with E-state index in [2.05, 4.69) is 23.5 Å². The van der Waals surface area contributed by atoms with Crippen molar-refractivity contribution in [3.8, 4) is 0 Å². The summed E-state index contributed by atoms with van der Waals surface area (Å²) in [5, 5.41) is 3.33. The first kappa shape index (κ1) is 21.5. The van der Waals surface area contributed by atoms with Gasteiger partial charge in [-0.25, -0.2) is 4.39 Å². The van der Waals surface area contributed by atoms with Crippen molar-refractivity contribution >= 4 is 5.71 Å². The van der Waals surface area contributed by atoms with E-state index >= 15 is 4.39 Å². The topological polar surface area (TPSA) is 53.6 Å². The first-order valence-electron chi connectivity index (χ1n) is 9.62. The van der Waals surface area contributed by atoms with E-state index in [1.54, 1.807) is 25.3 Å². The molecule has 0 atom stereocenters. The lowest BCUT2D eigenvalue weighted by Crippen LogP contribution is -2.26. The number of nitrogens with one attached hydrogen (secondary N) is 1. The van der Waals surface area contributed by atoms with Gasteiger partial charge in [-0.15, -0.1) is 0 Å². The fourth-order valence-electron chi connectivity index (χ4n) is 3.23. The van der Waals surface area contributed by atoms with Gasteiger partial charge in [0, 0.05) is 36.6 Å². The first-order valence-corrected chi connectivity index (χ1v) is 9.62. The van der Waals surface area contributed by atoms with Gasteiger partial charge in [0.2, 0.25) is 0 Å². The first-order chi connectivity index (χ1) is 13.4. The number of benzene rings is 1. The monoisotopic (exact) mass is 382 g/mol. The molecule has 0 saturated heterocycles. The molecule has 1 aromatic carbocycles. The summed E-state index contributed by atoms with van der Waals surface area (Å²) in [7, 11) is 1.90. The molecule has 0 bridgehead atoms. The Morgan fingerprint density at radius 3 is 2.61 bits per heavy atom. The molecular formula is C23H31FN4. The highest BCUT2D eigenvalue weighted by Crippen LogP contribution is 2.39. The van der Waals surface area contributed by atoms with Gasteiger partial charge in [0.05, 0.1) is 5.71 Å². The third kappa shape index (κ3) is 4.91. The SMILES string of the molecule is C=C/C(=N\C=C(/C)N)c1ccc(C2CCC2)c(CN/C(=C/C)N(C)C=C)c1F. The van der Waals surface area contributed by atoms with E-state index in [0.717, 1.165) is 24.2 Å². The van der Waals surface area contributed by atoms with Crippen LogP contribution in [-0.2, 0) is 6.54 Å². The van der Waals surface area contributed by atoms with E-state index in [4.69, 9.17) is 5.73 Å². The maximum atomic E-state index is 15.6. The second-order valence-corrected chi connectivity index (χ2v) is 7.04. The van der Waals surface area contributed by atoms with Crippen molar-refractivity contribution in [2.75, 3.05) is 7.05 Å². The third-order valence-corrected chi connectivity index (χ3v) is 5.07. The summed E-state index contributed by atoms with van der Waals surface area (Å²) in [6.45, 7) is 11.6. The van der Waals surface area contributed by atoms with Crippen molar-refractivity contribution in [3.63, 3.8) is 0 Å². The van der Waals surface area contributed by atoms with Crippen molar-refractivity contribution in [1.82, 2.24) is 10.2 Å². The third-order valence-electron chi connectivity index (χ3n) is 5.07. The number of aliphatic imine (C=N–C) groups is 1. The molecule has 1 saturated carbocycles. The number of hydrogen-bond donors (Lipinski definition) is 2. The predicted molar refractivity (Wildman–Crippen MR) is 116 cm³/mol. The van der Waals surface area contributed by atoms with Crippen molar-refractivity contribution in [2.24, 2.45) is 10.7 Å². The molecule has 4 nitrogen and oxygen atoms in total.